The van der Waals surface area contributed by atoms with Gasteiger partial charge in [0.05, 0.1) is 18.8 Å². The molecule has 2 aromatic carbocycles. The van der Waals surface area contributed by atoms with Crippen LogP contribution in [0.4, 0.5) is 8.78 Å². The fourth-order valence-corrected chi connectivity index (χ4v) is 1.88. The number of halogens is 2. The first-order valence-corrected chi connectivity index (χ1v) is 6.44. The summed E-state index contributed by atoms with van der Waals surface area (Å²) in [5, 5.41) is 9.52. The molecule has 0 spiro atoms. The van der Waals surface area contributed by atoms with Gasteiger partial charge < -0.3 is 14.6 Å². The van der Waals surface area contributed by atoms with E-state index in [0.29, 0.717) is 17.1 Å². The molecule has 0 saturated heterocycles. The molecule has 0 amide bonds. The molecule has 0 radical (unpaired) electrons. The molecule has 0 aliphatic rings. The highest BCUT2D eigenvalue weighted by Gasteiger charge is 2.12. The molecule has 0 aliphatic heterocycles. The summed E-state index contributed by atoms with van der Waals surface area (Å²) in [6.45, 7) is 1.38. The van der Waals surface area contributed by atoms with Crippen LogP contribution in [0, 0.1) is 11.6 Å². The van der Waals surface area contributed by atoms with Crippen molar-refractivity contribution in [1.82, 2.24) is 0 Å². The Morgan fingerprint density at radius 2 is 1.76 bits per heavy atom. The van der Waals surface area contributed by atoms with Gasteiger partial charge in [0.1, 0.15) is 18.2 Å². The van der Waals surface area contributed by atoms with Crippen LogP contribution in [0.3, 0.4) is 0 Å². The zero-order valence-electron chi connectivity index (χ0n) is 11.8. The second-order valence-electron chi connectivity index (χ2n) is 4.58. The molecule has 2 aromatic rings. The van der Waals surface area contributed by atoms with Gasteiger partial charge in [0.2, 0.25) is 0 Å². The van der Waals surface area contributed by atoms with Gasteiger partial charge in [-0.25, -0.2) is 8.78 Å². The highest BCUT2D eigenvalue weighted by molar-refractivity contribution is 5.43. The molecule has 0 saturated carbocycles. The molecule has 112 valence electrons. The van der Waals surface area contributed by atoms with Crippen molar-refractivity contribution in [3.63, 3.8) is 0 Å². The number of aliphatic hydroxyl groups excluding tert-OH is 1. The number of ether oxygens (including phenoxy) is 2. The van der Waals surface area contributed by atoms with E-state index in [1.165, 1.54) is 25.3 Å². The highest BCUT2D eigenvalue weighted by atomic mass is 19.1. The van der Waals surface area contributed by atoms with Gasteiger partial charge in [0.25, 0.3) is 0 Å². The maximum Gasteiger partial charge on any atom is 0.161 e. The molecule has 0 heterocycles. The summed E-state index contributed by atoms with van der Waals surface area (Å²) in [5.41, 5.74) is 0.524. The molecule has 2 rings (SSSR count). The molecule has 0 fully saturated rings. The Morgan fingerprint density at radius 3 is 2.33 bits per heavy atom. The van der Waals surface area contributed by atoms with E-state index in [-0.39, 0.29) is 12.2 Å². The first-order chi connectivity index (χ1) is 10.0. The quantitative estimate of drug-likeness (QED) is 0.915. The Kier molecular flexibility index (Phi) is 4.75. The zero-order chi connectivity index (χ0) is 15.4. The average Bonchev–Trinajstić information content (AvgIpc) is 2.46. The van der Waals surface area contributed by atoms with Crippen LogP contribution >= 0.6 is 0 Å². The number of benzene rings is 2. The predicted octanol–water partition coefficient (Wildman–Crippen LogP) is 3.61. The summed E-state index contributed by atoms with van der Waals surface area (Å²) in [4.78, 5) is 0. The Morgan fingerprint density at radius 1 is 1.10 bits per heavy atom. The van der Waals surface area contributed by atoms with E-state index in [1.54, 1.807) is 25.1 Å². The zero-order valence-corrected chi connectivity index (χ0v) is 11.8. The van der Waals surface area contributed by atoms with E-state index in [0.717, 1.165) is 0 Å². The molecule has 1 N–H and O–H groups in total. The third-order valence-electron chi connectivity index (χ3n) is 3.10. The second kappa shape index (κ2) is 6.54. The van der Waals surface area contributed by atoms with Gasteiger partial charge in [-0.3, -0.25) is 0 Å². The summed E-state index contributed by atoms with van der Waals surface area (Å²) in [6, 6.07) is 8.54. The smallest absolute Gasteiger partial charge is 0.161 e. The fourth-order valence-electron chi connectivity index (χ4n) is 1.88. The van der Waals surface area contributed by atoms with E-state index in [9.17, 15) is 13.9 Å². The standard InChI is InChI=1S/C16H16F2O3/c1-10(19)11-6-7-15(16(8-11)20-2)21-9-12-13(17)4-3-5-14(12)18/h3-8,10,19H,9H2,1-2H3. The topological polar surface area (TPSA) is 38.7 Å². The summed E-state index contributed by atoms with van der Waals surface area (Å²) >= 11 is 0. The Balaban J connectivity index is 2.20. The Hall–Kier alpha value is -2.14. The van der Waals surface area contributed by atoms with Crippen molar-refractivity contribution in [3.05, 3.63) is 59.2 Å². The van der Waals surface area contributed by atoms with Gasteiger partial charge in [-0.2, -0.15) is 0 Å². The van der Waals surface area contributed by atoms with Crippen LogP contribution in [0.15, 0.2) is 36.4 Å². The van der Waals surface area contributed by atoms with Crippen molar-refractivity contribution in [3.8, 4) is 11.5 Å². The van der Waals surface area contributed by atoms with E-state index in [4.69, 9.17) is 9.47 Å². The van der Waals surface area contributed by atoms with Gasteiger partial charge in [0.15, 0.2) is 11.5 Å². The number of rotatable bonds is 5. The maximum absolute atomic E-state index is 13.5. The SMILES string of the molecule is COc1cc(C(C)O)ccc1OCc1c(F)cccc1F. The third-order valence-corrected chi connectivity index (χ3v) is 3.10. The minimum atomic E-state index is -0.658. The van der Waals surface area contributed by atoms with Gasteiger partial charge in [-0.05, 0) is 36.8 Å². The minimum absolute atomic E-state index is 0.140. The van der Waals surface area contributed by atoms with E-state index < -0.39 is 17.7 Å². The van der Waals surface area contributed by atoms with E-state index in [2.05, 4.69) is 0 Å². The summed E-state index contributed by atoms with van der Waals surface area (Å²) in [5.74, 6) is -0.571. The molecule has 3 nitrogen and oxygen atoms in total. The van der Waals surface area contributed by atoms with Crippen molar-refractivity contribution in [2.24, 2.45) is 0 Å². The maximum atomic E-state index is 13.5. The lowest BCUT2D eigenvalue weighted by Crippen LogP contribution is -2.03. The third kappa shape index (κ3) is 3.49. The molecular weight excluding hydrogens is 278 g/mol. The lowest BCUT2D eigenvalue weighted by Gasteiger charge is -2.14. The largest absolute Gasteiger partial charge is 0.493 e. The first-order valence-electron chi connectivity index (χ1n) is 6.44. The average molecular weight is 294 g/mol. The monoisotopic (exact) mass is 294 g/mol. The van der Waals surface area contributed by atoms with Crippen LogP contribution in [-0.4, -0.2) is 12.2 Å². The number of methoxy groups -OCH3 is 1. The van der Waals surface area contributed by atoms with Crippen LogP contribution in [0.25, 0.3) is 0 Å². The molecule has 0 bridgehead atoms. The van der Waals surface area contributed by atoms with Crippen LogP contribution in [-0.2, 0) is 6.61 Å². The molecule has 5 heteroatoms. The van der Waals surface area contributed by atoms with Crippen molar-refractivity contribution < 1.29 is 23.4 Å². The second-order valence-corrected chi connectivity index (χ2v) is 4.58. The van der Waals surface area contributed by atoms with Gasteiger partial charge in [-0.1, -0.05) is 12.1 Å². The molecule has 1 atom stereocenters. The van der Waals surface area contributed by atoms with Gasteiger partial charge >= 0.3 is 0 Å². The number of aliphatic hydroxyl groups is 1. The highest BCUT2D eigenvalue weighted by Crippen LogP contribution is 2.31. The van der Waals surface area contributed by atoms with Crippen molar-refractivity contribution in [2.45, 2.75) is 19.6 Å². The summed E-state index contributed by atoms with van der Waals surface area (Å²) in [6.07, 6.45) is -0.642. The van der Waals surface area contributed by atoms with Crippen LogP contribution in [0.5, 0.6) is 11.5 Å². The van der Waals surface area contributed by atoms with Crippen LogP contribution in [0.1, 0.15) is 24.2 Å². The molecule has 0 aromatic heterocycles. The van der Waals surface area contributed by atoms with Crippen LogP contribution in [0.2, 0.25) is 0 Å². The molecule has 1 unspecified atom stereocenters. The van der Waals surface area contributed by atoms with Crippen molar-refractivity contribution in [2.75, 3.05) is 7.11 Å². The molecule has 21 heavy (non-hydrogen) atoms. The number of hydrogen-bond acceptors (Lipinski definition) is 3. The van der Waals surface area contributed by atoms with Gasteiger partial charge in [0, 0.05) is 0 Å². The van der Waals surface area contributed by atoms with Crippen molar-refractivity contribution >= 4 is 0 Å². The molecule has 0 aliphatic carbocycles. The lowest BCUT2D eigenvalue weighted by atomic mass is 10.1. The lowest BCUT2D eigenvalue weighted by molar-refractivity contribution is 0.198. The Bertz CT molecular complexity index is 607. The van der Waals surface area contributed by atoms with Crippen molar-refractivity contribution in [1.29, 1.82) is 0 Å². The Labute approximate surface area is 121 Å². The van der Waals surface area contributed by atoms with E-state index in [1.807, 2.05) is 0 Å². The number of hydrogen-bond donors (Lipinski definition) is 1. The summed E-state index contributed by atoms with van der Waals surface area (Å²) in [7, 11) is 1.46. The minimum Gasteiger partial charge on any atom is -0.493 e. The predicted molar refractivity (Wildman–Crippen MR) is 74.3 cm³/mol. The van der Waals surface area contributed by atoms with Gasteiger partial charge in [-0.15, -0.1) is 0 Å². The fraction of sp³-hybridized carbons (Fsp3) is 0.250. The van der Waals surface area contributed by atoms with Crippen LogP contribution < -0.4 is 9.47 Å². The normalized spacial score (nSPS) is 12.0. The first kappa shape index (κ1) is 15.3. The van der Waals surface area contributed by atoms with E-state index >= 15 is 0 Å². The summed E-state index contributed by atoms with van der Waals surface area (Å²) < 4.78 is 37.6. The molecular formula is C16H16F2O3.